The summed E-state index contributed by atoms with van der Waals surface area (Å²) >= 11 is 0. The first-order valence-electron chi connectivity index (χ1n) is 11.2. The molecule has 1 amide bonds. The van der Waals surface area contributed by atoms with E-state index in [0.717, 1.165) is 16.7 Å². The number of methoxy groups -OCH3 is 1. The lowest BCUT2D eigenvalue weighted by atomic mass is 9.93. The number of pyridine rings is 1. The van der Waals surface area contributed by atoms with E-state index in [0.29, 0.717) is 22.6 Å². The number of anilines is 1. The zero-order chi connectivity index (χ0) is 24.6. The van der Waals surface area contributed by atoms with Crippen LogP contribution in [0.2, 0.25) is 0 Å². The highest BCUT2D eigenvalue weighted by atomic mass is 16.5. The summed E-state index contributed by atoms with van der Waals surface area (Å²) in [6.45, 7) is 7.93. The number of ether oxygens (including phenoxy) is 1. The molecule has 1 atom stereocenters. The number of benzene rings is 2. The van der Waals surface area contributed by atoms with E-state index in [9.17, 15) is 14.7 Å². The second-order valence-corrected chi connectivity index (χ2v) is 8.78. The quantitative estimate of drug-likeness (QED) is 0.313. The number of aliphatic hydroxyl groups is 1. The third kappa shape index (κ3) is 3.85. The predicted molar refractivity (Wildman–Crippen MR) is 132 cm³/mol. The number of hydrogen-bond donors (Lipinski definition) is 1. The van der Waals surface area contributed by atoms with Gasteiger partial charge in [-0.2, -0.15) is 0 Å². The molecule has 0 aliphatic carbocycles. The van der Waals surface area contributed by atoms with Crippen LogP contribution in [0.15, 0.2) is 66.5 Å². The Bertz CT molecular complexity index is 1300. The van der Waals surface area contributed by atoms with Gasteiger partial charge in [-0.25, -0.2) is 0 Å². The predicted octanol–water partition coefficient (Wildman–Crippen LogP) is 5.46. The van der Waals surface area contributed by atoms with Crippen molar-refractivity contribution in [1.29, 1.82) is 0 Å². The maximum Gasteiger partial charge on any atom is 0.300 e. The van der Waals surface area contributed by atoms with Crippen LogP contribution < -0.4 is 9.64 Å². The van der Waals surface area contributed by atoms with Crippen LogP contribution in [-0.4, -0.2) is 28.9 Å². The molecular weight excluding hydrogens is 428 g/mol. The number of nitrogens with zero attached hydrogens (tertiary/aromatic N) is 2. The summed E-state index contributed by atoms with van der Waals surface area (Å²) in [5, 5.41) is 11.4. The average molecular weight is 457 g/mol. The van der Waals surface area contributed by atoms with Gasteiger partial charge in [-0.3, -0.25) is 19.5 Å². The summed E-state index contributed by atoms with van der Waals surface area (Å²) in [6.07, 6.45) is 3.23. The van der Waals surface area contributed by atoms with Gasteiger partial charge in [-0.1, -0.05) is 26.0 Å². The van der Waals surface area contributed by atoms with Crippen LogP contribution >= 0.6 is 0 Å². The Labute approximate surface area is 199 Å². The number of carbonyl (C=O) groups is 2. The lowest BCUT2D eigenvalue weighted by Crippen LogP contribution is -2.30. The second kappa shape index (κ2) is 9.14. The maximum absolute atomic E-state index is 13.4. The molecule has 1 aromatic heterocycles. The first kappa shape index (κ1) is 23.2. The molecule has 4 rings (SSSR count). The largest absolute Gasteiger partial charge is 0.507 e. The smallest absolute Gasteiger partial charge is 0.300 e. The number of hydrogen-bond acceptors (Lipinski definition) is 5. The Morgan fingerprint density at radius 3 is 2.41 bits per heavy atom. The molecule has 1 fully saturated rings. The van der Waals surface area contributed by atoms with Crippen molar-refractivity contribution >= 4 is 23.1 Å². The van der Waals surface area contributed by atoms with Gasteiger partial charge >= 0.3 is 0 Å². The molecule has 0 saturated carbocycles. The summed E-state index contributed by atoms with van der Waals surface area (Å²) in [4.78, 5) is 32.3. The minimum absolute atomic E-state index is 0.0528. The fourth-order valence-electron chi connectivity index (χ4n) is 4.43. The zero-order valence-electron chi connectivity index (χ0n) is 20.0. The van der Waals surface area contributed by atoms with Gasteiger partial charge in [-0.15, -0.1) is 0 Å². The first-order chi connectivity index (χ1) is 16.3. The van der Waals surface area contributed by atoms with Crippen molar-refractivity contribution in [2.75, 3.05) is 12.0 Å². The molecule has 174 valence electrons. The van der Waals surface area contributed by atoms with E-state index in [2.05, 4.69) is 4.98 Å². The molecule has 1 saturated heterocycles. The third-order valence-corrected chi connectivity index (χ3v) is 6.43. The minimum Gasteiger partial charge on any atom is -0.507 e. The molecule has 2 aromatic carbocycles. The van der Waals surface area contributed by atoms with E-state index >= 15 is 0 Å². The molecular formula is C28H28N2O4. The Morgan fingerprint density at radius 1 is 1.06 bits per heavy atom. The van der Waals surface area contributed by atoms with Crippen LogP contribution in [0.3, 0.4) is 0 Å². The highest BCUT2D eigenvalue weighted by Crippen LogP contribution is 2.43. The molecule has 1 aliphatic rings. The second-order valence-electron chi connectivity index (χ2n) is 8.78. The van der Waals surface area contributed by atoms with Gasteiger partial charge in [0.2, 0.25) is 0 Å². The molecule has 3 aromatic rings. The summed E-state index contributed by atoms with van der Waals surface area (Å²) in [7, 11) is 1.60. The highest BCUT2D eigenvalue weighted by molar-refractivity contribution is 6.51. The number of aryl methyl sites for hydroxylation is 1. The number of Topliss-reactive ketones (excluding diaryl/α,β-unsaturated/α-hetero) is 1. The van der Waals surface area contributed by atoms with Crippen LogP contribution in [0.1, 0.15) is 53.6 Å². The van der Waals surface area contributed by atoms with Gasteiger partial charge in [0.1, 0.15) is 11.5 Å². The Balaban J connectivity index is 1.97. The van der Waals surface area contributed by atoms with E-state index < -0.39 is 17.7 Å². The highest BCUT2D eigenvalue weighted by Gasteiger charge is 2.47. The van der Waals surface area contributed by atoms with Crippen molar-refractivity contribution in [1.82, 2.24) is 4.98 Å². The number of aromatic nitrogens is 1. The van der Waals surface area contributed by atoms with Crippen molar-refractivity contribution in [2.24, 2.45) is 0 Å². The molecule has 34 heavy (non-hydrogen) atoms. The lowest BCUT2D eigenvalue weighted by Gasteiger charge is -2.27. The third-order valence-electron chi connectivity index (χ3n) is 6.43. The topological polar surface area (TPSA) is 79.7 Å². The molecule has 0 bridgehead atoms. The van der Waals surface area contributed by atoms with Crippen molar-refractivity contribution in [3.63, 3.8) is 0 Å². The Hall–Kier alpha value is -3.93. The van der Waals surface area contributed by atoms with Gasteiger partial charge < -0.3 is 9.84 Å². The Morgan fingerprint density at radius 2 is 1.76 bits per heavy atom. The molecule has 2 heterocycles. The SMILES string of the molecule is COc1ccc(/C(O)=C2\C(=O)C(=O)N(c3cccc(C)c3C)C2c2ccncc2)cc1C(C)C. The lowest BCUT2D eigenvalue weighted by molar-refractivity contribution is -0.132. The van der Waals surface area contributed by atoms with Crippen LogP contribution in [0.4, 0.5) is 5.69 Å². The summed E-state index contributed by atoms with van der Waals surface area (Å²) in [5.74, 6) is -0.765. The van der Waals surface area contributed by atoms with Gasteiger partial charge in [-0.05, 0) is 78.4 Å². The first-order valence-corrected chi connectivity index (χ1v) is 11.2. The summed E-state index contributed by atoms with van der Waals surface area (Å²) in [6, 6.07) is 13.7. The maximum atomic E-state index is 13.4. The molecule has 1 N–H and O–H groups in total. The molecule has 0 radical (unpaired) electrons. The van der Waals surface area contributed by atoms with E-state index in [1.807, 2.05) is 52.0 Å². The van der Waals surface area contributed by atoms with Gasteiger partial charge in [0.25, 0.3) is 11.7 Å². The number of aliphatic hydroxyl groups excluding tert-OH is 1. The number of rotatable bonds is 5. The fourth-order valence-corrected chi connectivity index (χ4v) is 4.43. The molecule has 0 spiro atoms. The van der Waals surface area contributed by atoms with Crippen LogP contribution in [0, 0.1) is 13.8 Å². The van der Waals surface area contributed by atoms with E-state index in [1.54, 1.807) is 43.8 Å². The number of carbonyl (C=O) groups excluding carboxylic acids is 2. The summed E-state index contributed by atoms with van der Waals surface area (Å²) < 4.78 is 5.46. The van der Waals surface area contributed by atoms with Crippen molar-refractivity contribution in [3.05, 3.63) is 94.3 Å². The standard InChI is InChI=1S/C28H28N2O4/c1-16(2)21-15-20(9-10-23(21)34-5)26(31)24-25(19-11-13-29-14-12-19)30(28(33)27(24)32)22-8-6-7-17(3)18(22)4/h6-16,25,31H,1-5H3/b26-24+. The molecule has 1 unspecified atom stereocenters. The van der Waals surface area contributed by atoms with Gasteiger partial charge in [0.05, 0.1) is 18.7 Å². The van der Waals surface area contributed by atoms with Crippen molar-refractivity contribution in [2.45, 2.75) is 39.7 Å². The Kier molecular flexibility index (Phi) is 6.24. The molecule has 1 aliphatic heterocycles. The van der Waals surface area contributed by atoms with Crippen LogP contribution in [0.25, 0.3) is 5.76 Å². The van der Waals surface area contributed by atoms with E-state index in [4.69, 9.17) is 4.74 Å². The molecule has 6 nitrogen and oxygen atoms in total. The van der Waals surface area contributed by atoms with Gasteiger partial charge in [0.15, 0.2) is 0 Å². The van der Waals surface area contributed by atoms with Crippen LogP contribution in [-0.2, 0) is 9.59 Å². The van der Waals surface area contributed by atoms with Crippen molar-refractivity contribution < 1.29 is 19.4 Å². The van der Waals surface area contributed by atoms with Crippen molar-refractivity contribution in [3.8, 4) is 5.75 Å². The monoisotopic (exact) mass is 456 g/mol. The average Bonchev–Trinajstić information content (AvgIpc) is 3.10. The molecule has 6 heteroatoms. The minimum atomic E-state index is -0.784. The fraction of sp³-hybridized carbons (Fsp3) is 0.250. The van der Waals surface area contributed by atoms with Gasteiger partial charge in [0, 0.05) is 23.6 Å². The van der Waals surface area contributed by atoms with Crippen LogP contribution in [0.5, 0.6) is 5.75 Å². The number of amides is 1. The summed E-state index contributed by atoms with van der Waals surface area (Å²) in [5.41, 5.74) is 4.64. The number of ketones is 1. The zero-order valence-corrected chi connectivity index (χ0v) is 20.0. The van der Waals surface area contributed by atoms with E-state index in [-0.39, 0.29) is 17.3 Å². The van der Waals surface area contributed by atoms with E-state index in [1.165, 1.54) is 4.90 Å². The normalized spacial score (nSPS) is 17.5.